The maximum atomic E-state index is 13.0. The molecule has 1 heterocycles. The highest BCUT2D eigenvalue weighted by Crippen LogP contribution is 2.37. The number of hydrogen-bond acceptors (Lipinski definition) is 5. The van der Waals surface area contributed by atoms with Gasteiger partial charge in [-0.3, -0.25) is 0 Å². The van der Waals surface area contributed by atoms with E-state index in [4.69, 9.17) is 4.74 Å². The Morgan fingerprint density at radius 1 is 1.03 bits per heavy atom. The lowest BCUT2D eigenvalue weighted by molar-refractivity contribution is -0.137. The number of aryl methyl sites for hydroxylation is 1. The third-order valence-corrected chi connectivity index (χ3v) is 8.60. The van der Waals surface area contributed by atoms with Crippen LogP contribution in [0.3, 0.4) is 0 Å². The highest BCUT2D eigenvalue weighted by molar-refractivity contribution is 7.92. The number of hydrogen-bond donors (Lipinski definition) is 0. The molecule has 0 aromatic heterocycles. The van der Waals surface area contributed by atoms with Gasteiger partial charge in [0.15, 0.2) is 19.7 Å². The van der Waals surface area contributed by atoms with Crippen molar-refractivity contribution in [3.8, 4) is 0 Å². The number of sulfone groups is 2. The van der Waals surface area contributed by atoms with Crippen molar-refractivity contribution in [3.63, 3.8) is 0 Å². The van der Waals surface area contributed by atoms with E-state index in [-0.39, 0.29) is 29.2 Å². The third kappa shape index (κ3) is 4.70. The van der Waals surface area contributed by atoms with Crippen LogP contribution in [0.2, 0.25) is 0 Å². The maximum absolute atomic E-state index is 13.0. The minimum absolute atomic E-state index is 0.0187. The van der Waals surface area contributed by atoms with Crippen LogP contribution in [-0.4, -0.2) is 34.9 Å². The first-order valence-corrected chi connectivity index (χ1v) is 12.6. The molecule has 2 unspecified atom stereocenters. The molecule has 1 fully saturated rings. The molecule has 0 bridgehead atoms. The fraction of sp³-hybridized carbons (Fsp3) is 0.400. The molecular weight excluding hydrogens is 441 g/mol. The second kappa shape index (κ2) is 7.97. The molecule has 5 nitrogen and oxygen atoms in total. The zero-order valence-electron chi connectivity index (χ0n) is 16.3. The fourth-order valence-electron chi connectivity index (χ4n) is 3.54. The van der Waals surface area contributed by atoms with Gasteiger partial charge in [0.1, 0.15) is 0 Å². The lowest BCUT2D eigenvalue weighted by Gasteiger charge is -2.30. The molecule has 30 heavy (non-hydrogen) atoms. The minimum atomic E-state index is -4.65. The van der Waals surface area contributed by atoms with Crippen molar-refractivity contribution >= 4 is 19.7 Å². The van der Waals surface area contributed by atoms with Crippen LogP contribution in [0.5, 0.6) is 0 Å². The van der Waals surface area contributed by atoms with Gasteiger partial charge in [-0.05, 0) is 55.2 Å². The molecule has 10 heteroatoms. The molecule has 2 aromatic carbocycles. The van der Waals surface area contributed by atoms with E-state index in [2.05, 4.69) is 0 Å². The summed E-state index contributed by atoms with van der Waals surface area (Å²) < 4.78 is 94.6. The topological polar surface area (TPSA) is 77.5 Å². The van der Waals surface area contributed by atoms with E-state index < -0.39 is 42.8 Å². The standard InChI is InChI=1S/C20H21F3O5S2/c1-13-6-7-14(10-19(13)29(2,24)25)18-12-17(8-9-28-18)30(26,27)16-5-3-4-15(11-16)20(21,22)23/h3-7,10-11,17-18H,8-9,12H2,1-2H3. The summed E-state index contributed by atoms with van der Waals surface area (Å²) >= 11 is 0. The lowest BCUT2D eigenvalue weighted by atomic mass is 10.00. The predicted octanol–water partition coefficient (Wildman–Crippen LogP) is 4.11. The molecule has 2 aromatic rings. The smallest absolute Gasteiger partial charge is 0.373 e. The van der Waals surface area contributed by atoms with Crippen molar-refractivity contribution in [2.75, 3.05) is 12.9 Å². The summed E-state index contributed by atoms with van der Waals surface area (Å²) in [5, 5.41) is -0.942. The summed E-state index contributed by atoms with van der Waals surface area (Å²) in [6.45, 7) is 1.75. The number of ether oxygens (including phenoxy) is 1. The van der Waals surface area contributed by atoms with Crippen molar-refractivity contribution in [3.05, 3.63) is 59.2 Å². The van der Waals surface area contributed by atoms with Crippen LogP contribution in [0.1, 0.15) is 35.6 Å². The van der Waals surface area contributed by atoms with E-state index in [1.807, 2.05) is 0 Å². The first-order valence-electron chi connectivity index (χ1n) is 9.13. The van der Waals surface area contributed by atoms with Gasteiger partial charge < -0.3 is 4.74 Å². The Kier molecular flexibility index (Phi) is 6.05. The zero-order chi connectivity index (χ0) is 22.3. The van der Waals surface area contributed by atoms with Gasteiger partial charge in [-0.25, -0.2) is 16.8 Å². The van der Waals surface area contributed by atoms with E-state index in [1.54, 1.807) is 19.1 Å². The first kappa shape index (κ1) is 22.8. The van der Waals surface area contributed by atoms with E-state index in [9.17, 15) is 30.0 Å². The quantitative estimate of drug-likeness (QED) is 0.683. The van der Waals surface area contributed by atoms with Gasteiger partial charge in [0, 0.05) is 12.9 Å². The molecule has 1 aliphatic rings. The molecule has 1 saturated heterocycles. The number of halogens is 3. The average Bonchev–Trinajstić information content (AvgIpc) is 2.67. The van der Waals surface area contributed by atoms with Crippen LogP contribution in [0.25, 0.3) is 0 Å². The Morgan fingerprint density at radius 2 is 1.73 bits per heavy atom. The normalized spacial score (nSPS) is 20.8. The fourth-order valence-corrected chi connectivity index (χ4v) is 6.32. The molecule has 0 spiro atoms. The van der Waals surface area contributed by atoms with Crippen molar-refractivity contribution in [1.29, 1.82) is 0 Å². The van der Waals surface area contributed by atoms with Crippen molar-refractivity contribution in [2.24, 2.45) is 0 Å². The second-order valence-electron chi connectivity index (χ2n) is 7.37. The molecule has 0 amide bonds. The summed E-state index contributed by atoms with van der Waals surface area (Å²) in [6.07, 6.45) is -4.08. The Balaban J connectivity index is 1.91. The van der Waals surface area contributed by atoms with E-state index in [0.29, 0.717) is 17.2 Å². The van der Waals surface area contributed by atoms with Crippen molar-refractivity contribution in [1.82, 2.24) is 0 Å². The van der Waals surface area contributed by atoms with Crippen LogP contribution in [-0.2, 0) is 30.6 Å². The molecule has 0 radical (unpaired) electrons. The van der Waals surface area contributed by atoms with E-state index in [1.165, 1.54) is 6.07 Å². The summed E-state index contributed by atoms with van der Waals surface area (Å²) in [5.41, 5.74) is 0.0543. The number of alkyl halides is 3. The summed E-state index contributed by atoms with van der Waals surface area (Å²) in [7, 11) is -7.51. The van der Waals surface area contributed by atoms with Crippen LogP contribution in [0, 0.1) is 6.92 Å². The highest BCUT2D eigenvalue weighted by Gasteiger charge is 2.37. The van der Waals surface area contributed by atoms with Crippen LogP contribution >= 0.6 is 0 Å². The third-order valence-electron chi connectivity index (χ3n) is 5.15. The lowest BCUT2D eigenvalue weighted by Crippen LogP contribution is -2.31. The van der Waals surface area contributed by atoms with Crippen LogP contribution < -0.4 is 0 Å². The molecule has 0 aliphatic carbocycles. The van der Waals surface area contributed by atoms with Gasteiger partial charge in [0.2, 0.25) is 0 Å². The largest absolute Gasteiger partial charge is 0.416 e. The van der Waals surface area contributed by atoms with E-state index >= 15 is 0 Å². The summed E-state index contributed by atoms with van der Waals surface area (Å²) in [4.78, 5) is -0.254. The van der Waals surface area contributed by atoms with Gasteiger partial charge in [0.05, 0.1) is 26.7 Å². The molecule has 2 atom stereocenters. The van der Waals surface area contributed by atoms with Gasteiger partial charge in [0.25, 0.3) is 0 Å². The Hall–Kier alpha value is -1.91. The van der Waals surface area contributed by atoms with Gasteiger partial charge >= 0.3 is 6.18 Å². The molecule has 0 saturated carbocycles. The van der Waals surface area contributed by atoms with E-state index in [0.717, 1.165) is 24.5 Å². The predicted molar refractivity (Wildman–Crippen MR) is 105 cm³/mol. The van der Waals surface area contributed by atoms with Gasteiger partial charge in [-0.1, -0.05) is 18.2 Å². The number of benzene rings is 2. The van der Waals surface area contributed by atoms with Crippen molar-refractivity contribution < 1.29 is 34.7 Å². The van der Waals surface area contributed by atoms with Crippen LogP contribution in [0.4, 0.5) is 13.2 Å². The maximum Gasteiger partial charge on any atom is 0.416 e. The van der Waals surface area contributed by atoms with Gasteiger partial charge in [-0.15, -0.1) is 0 Å². The first-order chi connectivity index (χ1) is 13.8. The zero-order valence-corrected chi connectivity index (χ0v) is 17.9. The van der Waals surface area contributed by atoms with Gasteiger partial charge in [-0.2, -0.15) is 13.2 Å². The Bertz CT molecular complexity index is 1160. The Morgan fingerprint density at radius 3 is 2.37 bits per heavy atom. The monoisotopic (exact) mass is 462 g/mol. The average molecular weight is 463 g/mol. The Labute approximate surface area is 173 Å². The number of rotatable bonds is 4. The summed E-state index contributed by atoms with van der Waals surface area (Å²) in [5.74, 6) is 0. The SMILES string of the molecule is Cc1ccc(C2CC(S(=O)(=O)c3cccc(C(F)(F)F)c3)CCO2)cc1S(C)(=O)=O. The highest BCUT2D eigenvalue weighted by atomic mass is 32.2. The molecular formula is C20H21F3O5S2. The molecule has 1 aliphatic heterocycles. The second-order valence-corrected chi connectivity index (χ2v) is 11.6. The molecule has 164 valence electrons. The van der Waals surface area contributed by atoms with Crippen molar-refractivity contribution in [2.45, 2.75) is 47.1 Å². The summed E-state index contributed by atoms with van der Waals surface area (Å²) in [6, 6.07) is 8.47. The molecule has 0 N–H and O–H groups in total. The minimum Gasteiger partial charge on any atom is -0.373 e. The van der Waals surface area contributed by atoms with Crippen LogP contribution in [0.15, 0.2) is 52.3 Å². The molecule has 3 rings (SSSR count).